The van der Waals surface area contributed by atoms with Gasteiger partial charge in [-0.15, -0.1) is 0 Å². The van der Waals surface area contributed by atoms with Crippen LogP contribution in [0.1, 0.15) is 31.1 Å². The van der Waals surface area contributed by atoms with Gasteiger partial charge in [-0.1, -0.05) is 13.8 Å². The summed E-state index contributed by atoms with van der Waals surface area (Å²) >= 11 is 0. The number of ether oxygens (including phenoxy) is 1. The number of amides is 1. The molecule has 1 aromatic rings. The van der Waals surface area contributed by atoms with E-state index in [1.165, 1.54) is 13.2 Å². The molecule has 0 radical (unpaired) electrons. The van der Waals surface area contributed by atoms with Crippen molar-refractivity contribution >= 4 is 23.3 Å². The number of rotatable bonds is 6. The first-order chi connectivity index (χ1) is 9.85. The number of benzene rings is 1. The lowest BCUT2D eigenvalue weighted by Crippen LogP contribution is -2.39. The van der Waals surface area contributed by atoms with E-state index in [0.29, 0.717) is 29.4 Å². The zero-order valence-electron chi connectivity index (χ0n) is 12.9. The average Bonchev–Trinajstić information content (AvgIpc) is 2.45. The third-order valence-corrected chi connectivity index (χ3v) is 2.92. The number of carbonyl (C=O) groups is 2. The Labute approximate surface area is 125 Å². The lowest BCUT2D eigenvalue weighted by atomic mass is 10.1. The number of methoxy groups -OCH3 is 1. The maximum atomic E-state index is 11.9. The summed E-state index contributed by atoms with van der Waals surface area (Å²) in [6.07, 6.45) is 0. The highest BCUT2D eigenvalue weighted by Crippen LogP contribution is 2.21. The number of anilines is 2. The molecule has 0 aliphatic rings. The number of nitrogen functional groups attached to an aromatic ring is 1. The molecule has 0 aliphatic heterocycles. The Balaban J connectivity index is 2.70. The van der Waals surface area contributed by atoms with Crippen LogP contribution in [0.25, 0.3) is 0 Å². The Morgan fingerprint density at radius 3 is 2.48 bits per heavy atom. The van der Waals surface area contributed by atoms with Gasteiger partial charge in [-0.2, -0.15) is 0 Å². The fourth-order valence-corrected chi connectivity index (χ4v) is 1.70. The quantitative estimate of drug-likeness (QED) is 0.547. The van der Waals surface area contributed by atoms with Crippen molar-refractivity contribution in [3.63, 3.8) is 0 Å². The van der Waals surface area contributed by atoms with E-state index < -0.39 is 12.0 Å². The third kappa shape index (κ3) is 4.98. The van der Waals surface area contributed by atoms with E-state index in [-0.39, 0.29) is 5.91 Å². The monoisotopic (exact) mass is 293 g/mol. The van der Waals surface area contributed by atoms with Gasteiger partial charge >= 0.3 is 5.97 Å². The molecule has 0 saturated heterocycles. The van der Waals surface area contributed by atoms with Crippen LogP contribution in [0.5, 0.6) is 0 Å². The van der Waals surface area contributed by atoms with Crippen molar-refractivity contribution in [2.45, 2.75) is 26.8 Å². The fraction of sp³-hybridized carbons (Fsp3) is 0.467. The topological polar surface area (TPSA) is 93.4 Å². The molecule has 0 bridgehead atoms. The number of hydrogen-bond donors (Lipinski definition) is 3. The third-order valence-electron chi connectivity index (χ3n) is 2.92. The molecule has 0 heterocycles. The number of nitrogens with one attached hydrogen (secondary N) is 2. The molecule has 4 N–H and O–H groups in total. The molecule has 1 aromatic carbocycles. The SMILES string of the molecule is COC(=O)c1ccc(NC(C)C(=O)NCC(C)C)c(N)c1. The summed E-state index contributed by atoms with van der Waals surface area (Å²) in [5, 5.41) is 5.87. The molecule has 1 unspecified atom stereocenters. The Morgan fingerprint density at radius 2 is 1.95 bits per heavy atom. The maximum Gasteiger partial charge on any atom is 0.337 e. The predicted molar refractivity (Wildman–Crippen MR) is 83.1 cm³/mol. The fourth-order valence-electron chi connectivity index (χ4n) is 1.70. The zero-order chi connectivity index (χ0) is 16.0. The van der Waals surface area contributed by atoms with Gasteiger partial charge in [0.15, 0.2) is 0 Å². The van der Waals surface area contributed by atoms with Crippen LogP contribution < -0.4 is 16.4 Å². The van der Waals surface area contributed by atoms with Gasteiger partial charge in [0, 0.05) is 6.54 Å². The second kappa shape index (κ2) is 7.52. The first-order valence-electron chi connectivity index (χ1n) is 6.87. The van der Waals surface area contributed by atoms with Crippen molar-refractivity contribution in [1.82, 2.24) is 5.32 Å². The van der Waals surface area contributed by atoms with Crippen LogP contribution in [0.15, 0.2) is 18.2 Å². The summed E-state index contributed by atoms with van der Waals surface area (Å²) in [4.78, 5) is 23.3. The summed E-state index contributed by atoms with van der Waals surface area (Å²) < 4.78 is 4.63. The summed E-state index contributed by atoms with van der Waals surface area (Å²) in [7, 11) is 1.31. The lowest BCUT2D eigenvalue weighted by Gasteiger charge is -2.17. The van der Waals surface area contributed by atoms with Gasteiger partial charge in [0.25, 0.3) is 0 Å². The second-order valence-electron chi connectivity index (χ2n) is 5.30. The summed E-state index contributed by atoms with van der Waals surface area (Å²) in [5.41, 5.74) is 7.25. The average molecular weight is 293 g/mol. The molecule has 0 fully saturated rings. The molecule has 1 atom stereocenters. The van der Waals surface area contributed by atoms with Crippen molar-refractivity contribution < 1.29 is 14.3 Å². The molecule has 0 aliphatic carbocycles. The van der Waals surface area contributed by atoms with Crippen molar-refractivity contribution in [3.8, 4) is 0 Å². The molecule has 6 nitrogen and oxygen atoms in total. The van der Waals surface area contributed by atoms with E-state index in [9.17, 15) is 9.59 Å². The highest BCUT2D eigenvalue weighted by Gasteiger charge is 2.15. The maximum absolute atomic E-state index is 11.9. The number of nitrogens with two attached hydrogens (primary N) is 1. The summed E-state index contributed by atoms with van der Waals surface area (Å²) in [5.74, 6) is -0.151. The van der Waals surface area contributed by atoms with Gasteiger partial charge in [-0.05, 0) is 31.0 Å². The van der Waals surface area contributed by atoms with E-state index in [4.69, 9.17) is 5.73 Å². The van der Waals surface area contributed by atoms with Crippen LogP contribution in [0.2, 0.25) is 0 Å². The number of esters is 1. The van der Waals surface area contributed by atoms with E-state index >= 15 is 0 Å². The number of carbonyl (C=O) groups excluding carboxylic acids is 2. The summed E-state index contributed by atoms with van der Waals surface area (Å²) in [6, 6.07) is 4.36. The normalized spacial score (nSPS) is 11.9. The Hall–Kier alpha value is -2.24. The van der Waals surface area contributed by atoms with Gasteiger partial charge < -0.3 is 21.1 Å². The van der Waals surface area contributed by atoms with Crippen LogP contribution in [-0.2, 0) is 9.53 Å². The standard InChI is InChI=1S/C15H23N3O3/c1-9(2)8-17-14(19)10(3)18-13-6-5-11(7-12(13)16)15(20)21-4/h5-7,9-10,18H,8,16H2,1-4H3,(H,17,19). The van der Waals surface area contributed by atoms with Crippen molar-refractivity contribution in [2.75, 3.05) is 24.7 Å². The van der Waals surface area contributed by atoms with Crippen LogP contribution in [0.4, 0.5) is 11.4 Å². The van der Waals surface area contributed by atoms with Gasteiger partial charge in [0.2, 0.25) is 5.91 Å². The highest BCUT2D eigenvalue weighted by molar-refractivity contribution is 5.92. The Bertz CT molecular complexity index is 515. The van der Waals surface area contributed by atoms with Gasteiger partial charge in [0.05, 0.1) is 24.0 Å². The Kier molecular flexibility index (Phi) is 6.02. The van der Waals surface area contributed by atoms with Gasteiger partial charge in [-0.25, -0.2) is 4.79 Å². The smallest absolute Gasteiger partial charge is 0.337 e. The molecular weight excluding hydrogens is 270 g/mol. The lowest BCUT2D eigenvalue weighted by molar-refractivity contribution is -0.121. The molecule has 116 valence electrons. The van der Waals surface area contributed by atoms with E-state index in [2.05, 4.69) is 15.4 Å². The van der Waals surface area contributed by atoms with E-state index in [0.717, 1.165) is 0 Å². The molecule has 0 aromatic heterocycles. The molecule has 1 rings (SSSR count). The molecule has 0 spiro atoms. The number of hydrogen-bond acceptors (Lipinski definition) is 5. The minimum atomic E-state index is -0.448. The van der Waals surface area contributed by atoms with Gasteiger partial charge in [-0.3, -0.25) is 4.79 Å². The molecule has 6 heteroatoms. The largest absolute Gasteiger partial charge is 0.465 e. The summed E-state index contributed by atoms with van der Waals surface area (Å²) in [6.45, 7) is 6.44. The van der Waals surface area contributed by atoms with Crippen LogP contribution >= 0.6 is 0 Å². The van der Waals surface area contributed by atoms with Crippen molar-refractivity contribution in [1.29, 1.82) is 0 Å². The molecule has 0 saturated carbocycles. The zero-order valence-corrected chi connectivity index (χ0v) is 12.9. The van der Waals surface area contributed by atoms with E-state index in [1.54, 1.807) is 19.1 Å². The van der Waals surface area contributed by atoms with E-state index in [1.807, 2.05) is 13.8 Å². The molecular formula is C15H23N3O3. The first-order valence-corrected chi connectivity index (χ1v) is 6.87. The second-order valence-corrected chi connectivity index (χ2v) is 5.30. The Morgan fingerprint density at radius 1 is 1.29 bits per heavy atom. The molecule has 21 heavy (non-hydrogen) atoms. The van der Waals surface area contributed by atoms with Gasteiger partial charge in [0.1, 0.15) is 6.04 Å². The first kappa shape index (κ1) is 16.8. The van der Waals surface area contributed by atoms with Crippen LogP contribution in [0.3, 0.4) is 0 Å². The predicted octanol–water partition coefficient (Wildman–Crippen LogP) is 1.63. The minimum absolute atomic E-state index is 0.0971. The minimum Gasteiger partial charge on any atom is -0.465 e. The van der Waals surface area contributed by atoms with Crippen LogP contribution in [0, 0.1) is 5.92 Å². The molecule has 1 amide bonds. The van der Waals surface area contributed by atoms with Crippen molar-refractivity contribution in [3.05, 3.63) is 23.8 Å². The van der Waals surface area contributed by atoms with Crippen LogP contribution in [-0.4, -0.2) is 31.6 Å². The van der Waals surface area contributed by atoms with Crippen molar-refractivity contribution in [2.24, 2.45) is 5.92 Å². The highest BCUT2D eigenvalue weighted by atomic mass is 16.5.